The lowest BCUT2D eigenvalue weighted by Gasteiger charge is -2.34. The van der Waals surface area contributed by atoms with Gasteiger partial charge in [0.15, 0.2) is 0 Å². The van der Waals surface area contributed by atoms with E-state index in [9.17, 15) is 4.79 Å². The van der Waals surface area contributed by atoms with Crippen molar-refractivity contribution in [2.75, 3.05) is 33.4 Å². The molecule has 1 heterocycles. The number of carbonyl (C=O) groups is 1. The van der Waals surface area contributed by atoms with Crippen LogP contribution in [0.2, 0.25) is 0 Å². The van der Waals surface area contributed by atoms with Crippen molar-refractivity contribution in [2.24, 2.45) is 0 Å². The maximum atomic E-state index is 11.9. The number of ether oxygens (including phenoxy) is 1. The van der Waals surface area contributed by atoms with E-state index in [1.54, 1.807) is 7.11 Å². The summed E-state index contributed by atoms with van der Waals surface area (Å²) in [5.74, 6) is 0. The minimum atomic E-state index is 0.0846. The number of methoxy groups -OCH3 is 1. The highest BCUT2D eigenvalue weighted by Gasteiger charge is 2.25. The molecule has 0 aromatic rings. The summed E-state index contributed by atoms with van der Waals surface area (Å²) in [7, 11) is 1.70. The number of rotatable bonds is 5. The third-order valence-corrected chi connectivity index (χ3v) is 3.99. The molecule has 2 atom stereocenters. The van der Waals surface area contributed by atoms with Crippen molar-refractivity contribution in [3.8, 4) is 0 Å². The van der Waals surface area contributed by atoms with Crippen molar-refractivity contribution in [3.63, 3.8) is 0 Å². The van der Waals surface area contributed by atoms with E-state index in [0.717, 1.165) is 39.1 Å². The van der Waals surface area contributed by atoms with Crippen molar-refractivity contribution >= 4 is 17.8 Å². The lowest BCUT2D eigenvalue weighted by atomic mass is 10.3. The number of hydrogen-bond acceptors (Lipinski definition) is 3. The van der Waals surface area contributed by atoms with Crippen LogP contribution in [0, 0.1) is 0 Å². The van der Waals surface area contributed by atoms with Crippen molar-refractivity contribution in [2.45, 2.75) is 37.2 Å². The Morgan fingerprint density at radius 1 is 1.35 bits per heavy atom. The molecule has 17 heavy (non-hydrogen) atoms. The van der Waals surface area contributed by atoms with Crippen LogP contribution in [0.1, 0.15) is 26.7 Å². The monoisotopic (exact) mass is 260 g/mol. The van der Waals surface area contributed by atoms with E-state index < -0.39 is 0 Å². The quantitative estimate of drug-likeness (QED) is 0.768. The van der Waals surface area contributed by atoms with Gasteiger partial charge in [0.25, 0.3) is 0 Å². The highest BCUT2D eigenvalue weighted by atomic mass is 32.2. The standard InChI is InChI=1S/C12H24N2O2S/c1-10-8-14(9-11(2)17-10)12(15)13-6-4-5-7-16-3/h10-11H,4-9H2,1-3H3,(H,13,15)/t10-,11+. The zero-order chi connectivity index (χ0) is 12.7. The maximum Gasteiger partial charge on any atom is 0.317 e. The molecule has 0 aromatic heterocycles. The molecule has 1 saturated heterocycles. The molecule has 0 bridgehead atoms. The van der Waals surface area contributed by atoms with Crippen molar-refractivity contribution < 1.29 is 9.53 Å². The van der Waals surface area contributed by atoms with E-state index in [2.05, 4.69) is 19.2 Å². The molecule has 1 aliphatic heterocycles. The molecule has 0 radical (unpaired) electrons. The number of nitrogens with zero attached hydrogens (tertiary/aromatic N) is 1. The van der Waals surface area contributed by atoms with Crippen LogP contribution in [0.3, 0.4) is 0 Å². The SMILES string of the molecule is COCCCCNC(=O)N1C[C@@H](C)S[C@@H](C)C1. The number of urea groups is 1. The molecule has 1 fully saturated rings. The number of unbranched alkanes of at least 4 members (excludes halogenated alkanes) is 1. The Balaban J connectivity index is 2.18. The largest absolute Gasteiger partial charge is 0.385 e. The smallest absolute Gasteiger partial charge is 0.317 e. The van der Waals surface area contributed by atoms with Crippen molar-refractivity contribution in [1.29, 1.82) is 0 Å². The van der Waals surface area contributed by atoms with Crippen molar-refractivity contribution in [1.82, 2.24) is 10.2 Å². The van der Waals surface area contributed by atoms with Gasteiger partial charge in [0, 0.05) is 43.9 Å². The summed E-state index contributed by atoms with van der Waals surface area (Å²) in [5, 5.41) is 4.05. The van der Waals surface area contributed by atoms with E-state index in [0.29, 0.717) is 10.5 Å². The molecule has 0 spiro atoms. The summed E-state index contributed by atoms with van der Waals surface area (Å²) >= 11 is 1.96. The third kappa shape index (κ3) is 5.64. The van der Waals surface area contributed by atoms with Gasteiger partial charge in [0.05, 0.1) is 0 Å². The second-order valence-electron chi connectivity index (χ2n) is 4.59. The molecule has 1 aliphatic rings. The van der Waals surface area contributed by atoms with Crippen LogP contribution < -0.4 is 5.32 Å². The van der Waals surface area contributed by atoms with Crippen LogP contribution in [-0.2, 0) is 4.74 Å². The minimum Gasteiger partial charge on any atom is -0.385 e. The number of thioether (sulfide) groups is 1. The molecule has 0 saturated carbocycles. The highest BCUT2D eigenvalue weighted by molar-refractivity contribution is 8.00. The summed E-state index contributed by atoms with van der Waals surface area (Å²) < 4.78 is 4.97. The van der Waals surface area contributed by atoms with Crippen LogP contribution in [0.4, 0.5) is 4.79 Å². The zero-order valence-electron chi connectivity index (χ0n) is 11.1. The van der Waals surface area contributed by atoms with E-state index in [1.165, 1.54) is 0 Å². The van der Waals surface area contributed by atoms with Gasteiger partial charge in [0.2, 0.25) is 0 Å². The lowest BCUT2D eigenvalue weighted by molar-refractivity contribution is 0.187. The fourth-order valence-corrected chi connectivity index (χ4v) is 3.35. The Labute approximate surface area is 108 Å². The van der Waals surface area contributed by atoms with Gasteiger partial charge >= 0.3 is 6.03 Å². The van der Waals surface area contributed by atoms with E-state index >= 15 is 0 Å². The van der Waals surface area contributed by atoms with Gasteiger partial charge in [-0.15, -0.1) is 0 Å². The van der Waals surface area contributed by atoms with Crippen LogP contribution in [0.15, 0.2) is 0 Å². The molecule has 5 heteroatoms. The average Bonchev–Trinajstić information content (AvgIpc) is 2.27. The number of amides is 2. The van der Waals surface area contributed by atoms with Crippen LogP contribution in [-0.4, -0.2) is 54.8 Å². The summed E-state index contributed by atoms with van der Waals surface area (Å²) in [6.45, 7) is 7.59. The first-order valence-electron chi connectivity index (χ1n) is 6.30. The second kappa shape index (κ2) is 7.82. The highest BCUT2D eigenvalue weighted by Crippen LogP contribution is 2.24. The molecular formula is C12H24N2O2S. The number of carbonyl (C=O) groups excluding carboxylic acids is 1. The molecule has 100 valence electrons. The molecule has 1 N–H and O–H groups in total. The number of nitrogens with one attached hydrogen (secondary N) is 1. The summed E-state index contributed by atoms with van der Waals surface area (Å²) in [6.07, 6.45) is 1.98. The lowest BCUT2D eigenvalue weighted by Crippen LogP contribution is -2.48. The third-order valence-electron chi connectivity index (χ3n) is 2.76. The molecular weight excluding hydrogens is 236 g/mol. The van der Waals surface area contributed by atoms with Gasteiger partial charge in [-0.1, -0.05) is 13.8 Å². The Bertz CT molecular complexity index is 229. The first-order valence-corrected chi connectivity index (χ1v) is 7.25. The Morgan fingerprint density at radius 3 is 2.59 bits per heavy atom. The summed E-state index contributed by atoms with van der Waals surface area (Å²) in [4.78, 5) is 13.8. The average molecular weight is 260 g/mol. The summed E-state index contributed by atoms with van der Waals surface area (Å²) in [6, 6.07) is 0.0846. The van der Waals surface area contributed by atoms with Gasteiger partial charge in [0.1, 0.15) is 0 Å². The molecule has 4 nitrogen and oxygen atoms in total. The molecule has 0 unspecified atom stereocenters. The first-order chi connectivity index (χ1) is 8.13. The predicted octanol–water partition coefficient (Wildman–Crippen LogP) is 1.95. The Hall–Kier alpha value is -0.420. The maximum absolute atomic E-state index is 11.9. The summed E-state index contributed by atoms with van der Waals surface area (Å²) in [5.41, 5.74) is 0. The van der Waals surface area contributed by atoms with E-state index in [4.69, 9.17) is 4.74 Å². The van der Waals surface area contributed by atoms with Gasteiger partial charge in [-0.25, -0.2) is 4.79 Å². The second-order valence-corrected chi connectivity index (χ2v) is 6.48. The Kier molecular flexibility index (Phi) is 6.73. The number of hydrogen-bond donors (Lipinski definition) is 1. The van der Waals surface area contributed by atoms with Gasteiger partial charge in [-0.3, -0.25) is 0 Å². The molecule has 0 aromatic carbocycles. The Morgan fingerprint density at radius 2 is 2.00 bits per heavy atom. The molecule has 1 rings (SSSR count). The van der Waals surface area contributed by atoms with E-state index in [-0.39, 0.29) is 6.03 Å². The molecule has 2 amide bonds. The van der Waals surface area contributed by atoms with Gasteiger partial charge in [-0.05, 0) is 12.8 Å². The van der Waals surface area contributed by atoms with Crippen LogP contribution in [0.25, 0.3) is 0 Å². The fraction of sp³-hybridized carbons (Fsp3) is 0.917. The van der Waals surface area contributed by atoms with Gasteiger partial charge < -0.3 is 15.0 Å². The topological polar surface area (TPSA) is 41.6 Å². The first kappa shape index (κ1) is 14.6. The van der Waals surface area contributed by atoms with E-state index in [1.807, 2.05) is 16.7 Å². The normalized spacial score (nSPS) is 24.8. The van der Waals surface area contributed by atoms with Crippen LogP contribution in [0.5, 0.6) is 0 Å². The van der Waals surface area contributed by atoms with Gasteiger partial charge in [-0.2, -0.15) is 11.8 Å². The van der Waals surface area contributed by atoms with Crippen molar-refractivity contribution in [3.05, 3.63) is 0 Å². The predicted molar refractivity (Wildman–Crippen MR) is 72.6 cm³/mol. The molecule has 0 aliphatic carbocycles. The minimum absolute atomic E-state index is 0.0846. The zero-order valence-corrected chi connectivity index (χ0v) is 11.9. The van der Waals surface area contributed by atoms with Crippen LogP contribution >= 0.6 is 11.8 Å². The fourth-order valence-electron chi connectivity index (χ4n) is 2.02.